The fourth-order valence-electron chi connectivity index (χ4n) is 1.32. The Balaban J connectivity index is 2.25. The number of benzene rings is 1. The van der Waals surface area contributed by atoms with Gasteiger partial charge in [-0.1, -0.05) is 29.8 Å². The fourth-order valence-corrected chi connectivity index (χ4v) is 1.32. The molecule has 1 heterocycles. The van der Waals surface area contributed by atoms with Crippen LogP contribution in [0.5, 0.6) is 0 Å². The third kappa shape index (κ3) is 1.62. The smallest absolute Gasteiger partial charge is 0.192 e. The quantitative estimate of drug-likeness (QED) is 0.586. The van der Waals surface area contributed by atoms with Crippen molar-refractivity contribution < 1.29 is 10.2 Å². The van der Waals surface area contributed by atoms with Crippen LogP contribution in [-0.2, 0) is 0 Å². The van der Waals surface area contributed by atoms with E-state index in [2.05, 4.69) is 10.3 Å². The number of hydrogen-bond donors (Lipinski definition) is 3. The fraction of sp³-hybridized carbons (Fsp3) is 0.300. The van der Waals surface area contributed by atoms with E-state index in [1.54, 1.807) is 0 Å². The van der Waals surface area contributed by atoms with Crippen LogP contribution >= 0.6 is 0 Å². The third-order valence-electron chi connectivity index (χ3n) is 2.15. The highest BCUT2D eigenvalue weighted by Gasteiger charge is 2.24. The van der Waals surface area contributed by atoms with Gasteiger partial charge >= 0.3 is 0 Å². The Morgan fingerprint density at radius 3 is 2.36 bits per heavy atom. The number of aliphatic imine (C=N–C) groups is 1. The van der Waals surface area contributed by atoms with Gasteiger partial charge in [-0.15, -0.1) is 0 Å². The molecule has 4 nitrogen and oxygen atoms in total. The molecule has 1 aromatic carbocycles. The van der Waals surface area contributed by atoms with Crippen molar-refractivity contribution in [1.29, 1.82) is 0 Å². The normalized spacial score (nSPS) is 25.8. The number of aryl methyl sites for hydroxylation is 1. The van der Waals surface area contributed by atoms with Crippen LogP contribution in [0, 0.1) is 6.92 Å². The molecule has 1 aromatic rings. The van der Waals surface area contributed by atoms with Gasteiger partial charge in [0.25, 0.3) is 0 Å². The van der Waals surface area contributed by atoms with Crippen molar-refractivity contribution >= 4 is 5.84 Å². The van der Waals surface area contributed by atoms with E-state index in [1.165, 1.54) is 0 Å². The van der Waals surface area contributed by atoms with E-state index < -0.39 is 12.5 Å². The lowest BCUT2D eigenvalue weighted by Gasteiger charge is -2.06. The van der Waals surface area contributed by atoms with Crippen LogP contribution in [0.3, 0.4) is 0 Å². The molecule has 74 valence electrons. The zero-order valence-corrected chi connectivity index (χ0v) is 7.81. The molecule has 1 aliphatic rings. The molecule has 4 heteroatoms. The summed E-state index contributed by atoms with van der Waals surface area (Å²) < 4.78 is 0. The Bertz CT molecular complexity index is 359. The van der Waals surface area contributed by atoms with E-state index in [-0.39, 0.29) is 0 Å². The number of nitrogens with zero attached hydrogens (tertiary/aromatic N) is 1. The largest absolute Gasteiger partial charge is 0.369 e. The molecule has 0 amide bonds. The highest BCUT2D eigenvalue weighted by Crippen LogP contribution is 2.09. The van der Waals surface area contributed by atoms with Crippen molar-refractivity contribution in [1.82, 2.24) is 5.32 Å². The Hall–Kier alpha value is -1.39. The average molecular weight is 192 g/mol. The van der Waals surface area contributed by atoms with E-state index in [0.717, 1.165) is 11.1 Å². The molecule has 0 spiro atoms. The third-order valence-corrected chi connectivity index (χ3v) is 2.15. The zero-order valence-electron chi connectivity index (χ0n) is 7.81. The SMILES string of the molecule is Cc1ccc(C2=NC(O)C(O)N2)cc1. The van der Waals surface area contributed by atoms with E-state index in [1.807, 2.05) is 31.2 Å². The van der Waals surface area contributed by atoms with Crippen molar-refractivity contribution in [2.24, 2.45) is 4.99 Å². The van der Waals surface area contributed by atoms with Crippen LogP contribution in [0.1, 0.15) is 11.1 Å². The van der Waals surface area contributed by atoms with Crippen molar-refractivity contribution in [3.63, 3.8) is 0 Å². The maximum absolute atomic E-state index is 9.21. The van der Waals surface area contributed by atoms with Gasteiger partial charge in [0.15, 0.2) is 12.5 Å². The van der Waals surface area contributed by atoms with E-state index in [0.29, 0.717) is 5.84 Å². The van der Waals surface area contributed by atoms with Gasteiger partial charge in [0.1, 0.15) is 5.84 Å². The van der Waals surface area contributed by atoms with Crippen molar-refractivity contribution in [2.45, 2.75) is 19.4 Å². The second-order valence-electron chi connectivity index (χ2n) is 3.35. The molecule has 14 heavy (non-hydrogen) atoms. The van der Waals surface area contributed by atoms with Gasteiger partial charge in [0.05, 0.1) is 0 Å². The van der Waals surface area contributed by atoms with Crippen LogP contribution in [0.15, 0.2) is 29.3 Å². The number of rotatable bonds is 1. The number of hydrogen-bond acceptors (Lipinski definition) is 4. The molecule has 0 fully saturated rings. The minimum atomic E-state index is -1.06. The molecule has 0 saturated heterocycles. The molecule has 2 unspecified atom stereocenters. The number of aliphatic hydroxyl groups excluding tert-OH is 2. The predicted molar refractivity (Wildman–Crippen MR) is 52.9 cm³/mol. The van der Waals surface area contributed by atoms with Gasteiger partial charge in [-0.2, -0.15) is 0 Å². The van der Waals surface area contributed by atoms with Gasteiger partial charge in [0, 0.05) is 5.56 Å². The van der Waals surface area contributed by atoms with Crippen molar-refractivity contribution in [3.05, 3.63) is 35.4 Å². The second kappa shape index (κ2) is 3.40. The van der Waals surface area contributed by atoms with Gasteiger partial charge in [-0.05, 0) is 6.92 Å². The zero-order chi connectivity index (χ0) is 10.1. The van der Waals surface area contributed by atoms with Gasteiger partial charge < -0.3 is 15.5 Å². The molecule has 1 aliphatic heterocycles. The van der Waals surface area contributed by atoms with Gasteiger partial charge in [-0.25, -0.2) is 4.99 Å². The molecule has 0 bridgehead atoms. The molecule has 0 saturated carbocycles. The van der Waals surface area contributed by atoms with Crippen molar-refractivity contribution in [2.75, 3.05) is 0 Å². The maximum Gasteiger partial charge on any atom is 0.192 e. The first kappa shape index (κ1) is 9.18. The summed E-state index contributed by atoms with van der Waals surface area (Å²) >= 11 is 0. The molecule has 3 N–H and O–H groups in total. The van der Waals surface area contributed by atoms with Crippen molar-refractivity contribution in [3.8, 4) is 0 Å². The molecule has 0 aliphatic carbocycles. The van der Waals surface area contributed by atoms with Crippen LogP contribution in [0.25, 0.3) is 0 Å². The Morgan fingerprint density at radius 1 is 1.21 bits per heavy atom. The second-order valence-corrected chi connectivity index (χ2v) is 3.35. The molecular formula is C10H12N2O2. The lowest BCUT2D eigenvalue weighted by molar-refractivity contribution is 0.0287. The summed E-state index contributed by atoms with van der Waals surface area (Å²) in [6, 6.07) is 7.70. The summed E-state index contributed by atoms with van der Waals surface area (Å²) in [5.41, 5.74) is 2.03. The van der Waals surface area contributed by atoms with Crippen LogP contribution in [0.2, 0.25) is 0 Å². The summed E-state index contributed by atoms with van der Waals surface area (Å²) in [4.78, 5) is 3.88. The van der Waals surface area contributed by atoms with Crippen LogP contribution < -0.4 is 5.32 Å². The Kier molecular flexibility index (Phi) is 2.23. The summed E-state index contributed by atoms with van der Waals surface area (Å²) in [7, 11) is 0. The minimum absolute atomic E-state index is 0.532. The first-order chi connectivity index (χ1) is 6.66. The molecular weight excluding hydrogens is 180 g/mol. The summed E-state index contributed by atoms with van der Waals surface area (Å²) in [5, 5.41) is 21.1. The first-order valence-electron chi connectivity index (χ1n) is 4.44. The number of nitrogens with one attached hydrogen (secondary N) is 1. The standard InChI is InChI=1S/C10H12N2O2/c1-6-2-4-7(5-3-6)8-11-9(13)10(14)12-8/h2-5,9-10,13-14H,1H3,(H,11,12). The maximum atomic E-state index is 9.21. The van der Waals surface area contributed by atoms with Crippen LogP contribution in [0.4, 0.5) is 0 Å². The number of aliphatic hydroxyl groups is 2. The van der Waals surface area contributed by atoms with E-state index >= 15 is 0 Å². The lowest BCUT2D eigenvalue weighted by atomic mass is 10.1. The summed E-state index contributed by atoms with van der Waals surface area (Å²) in [6.07, 6.45) is -2.06. The monoisotopic (exact) mass is 192 g/mol. The highest BCUT2D eigenvalue weighted by atomic mass is 16.4. The average Bonchev–Trinajstić information content (AvgIpc) is 2.48. The predicted octanol–water partition coefficient (Wildman–Crippen LogP) is -0.0184. The molecule has 2 rings (SSSR count). The summed E-state index contributed by atoms with van der Waals surface area (Å²) in [5.74, 6) is 0.532. The number of amidine groups is 1. The Labute approximate surface area is 81.9 Å². The molecule has 0 radical (unpaired) electrons. The van der Waals surface area contributed by atoms with E-state index in [9.17, 15) is 10.2 Å². The highest BCUT2D eigenvalue weighted by molar-refractivity contribution is 6.00. The summed E-state index contributed by atoms with van der Waals surface area (Å²) in [6.45, 7) is 2.00. The van der Waals surface area contributed by atoms with Gasteiger partial charge in [-0.3, -0.25) is 0 Å². The first-order valence-corrected chi connectivity index (χ1v) is 4.44. The van der Waals surface area contributed by atoms with Crippen LogP contribution in [-0.4, -0.2) is 28.5 Å². The Morgan fingerprint density at radius 2 is 1.86 bits per heavy atom. The van der Waals surface area contributed by atoms with Gasteiger partial charge in [0.2, 0.25) is 0 Å². The topological polar surface area (TPSA) is 64.9 Å². The lowest BCUT2D eigenvalue weighted by Crippen LogP contribution is -2.34. The molecule has 0 aromatic heterocycles. The van der Waals surface area contributed by atoms with E-state index in [4.69, 9.17) is 0 Å². The minimum Gasteiger partial charge on any atom is -0.369 e. The molecule has 2 atom stereocenters.